The zero-order valence-corrected chi connectivity index (χ0v) is 22.3. The molecule has 1 unspecified atom stereocenters. The smallest absolute Gasteiger partial charge is 0.416 e. The number of ether oxygens (including phenoxy) is 2. The number of amides is 1. The summed E-state index contributed by atoms with van der Waals surface area (Å²) in [5.74, 6) is 0.165. The minimum absolute atomic E-state index is 0.215. The van der Waals surface area contributed by atoms with Crippen LogP contribution < -0.4 is 19.1 Å². The molecule has 0 spiro atoms. The van der Waals surface area contributed by atoms with Gasteiger partial charge < -0.3 is 14.8 Å². The van der Waals surface area contributed by atoms with Crippen molar-refractivity contribution in [3.63, 3.8) is 0 Å². The number of nitrogens with one attached hydrogen (secondary N) is 1. The molecule has 0 fully saturated rings. The molecule has 3 aromatic rings. The SMILES string of the molecule is CCC(NC(=O)CN(c1cc(C(F)(F)F)ccc1Cl)S(=O)(=O)c1ccccc1)c1ccc(OC)c(OC)c1. The van der Waals surface area contributed by atoms with Crippen LogP contribution in [-0.4, -0.2) is 35.1 Å². The Morgan fingerprint density at radius 3 is 2.24 bits per heavy atom. The number of methoxy groups -OCH3 is 2. The number of hydrogen-bond acceptors (Lipinski definition) is 5. The van der Waals surface area contributed by atoms with Crippen LogP contribution >= 0.6 is 11.6 Å². The Labute approximate surface area is 224 Å². The molecule has 1 N–H and O–H groups in total. The Hall–Kier alpha value is -3.44. The van der Waals surface area contributed by atoms with Crippen molar-refractivity contribution in [3.05, 3.63) is 82.9 Å². The van der Waals surface area contributed by atoms with Crippen molar-refractivity contribution in [1.29, 1.82) is 0 Å². The first-order valence-corrected chi connectivity index (χ1v) is 13.2. The molecule has 204 valence electrons. The van der Waals surface area contributed by atoms with Gasteiger partial charge in [0, 0.05) is 0 Å². The van der Waals surface area contributed by atoms with E-state index < -0.39 is 45.9 Å². The molecular weight excluding hydrogens is 545 g/mol. The van der Waals surface area contributed by atoms with E-state index in [1.165, 1.54) is 38.5 Å². The molecule has 0 radical (unpaired) electrons. The lowest BCUT2D eigenvalue weighted by Gasteiger charge is -2.27. The van der Waals surface area contributed by atoms with Crippen molar-refractivity contribution < 1.29 is 35.9 Å². The first-order valence-electron chi connectivity index (χ1n) is 11.4. The fraction of sp³-hybridized carbons (Fsp3) is 0.269. The number of carbonyl (C=O) groups excluding carboxylic acids is 1. The number of benzene rings is 3. The quantitative estimate of drug-likeness (QED) is 0.331. The molecule has 0 bridgehead atoms. The minimum Gasteiger partial charge on any atom is -0.493 e. The maximum Gasteiger partial charge on any atom is 0.416 e. The molecule has 0 aliphatic carbocycles. The fourth-order valence-corrected chi connectivity index (χ4v) is 5.48. The van der Waals surface area contributed by atoms with Gasteiger partial charge in [-0.1, -0.05) is 42.8 Å². The topological polar surface area (TPSA) is 84.9 Å². The largest absolute Gasteiger partial charge is 0.493 e. The molecular formula is C26H26ClF3N2O5S. The van der Waals surface area contributed by atoms with Crippen molar-refractivity contribution in [3.8, 4) is 11.5 Å². The summed E-state index contributed by atoms with van der Waals surface area (Å²) in [6, 6.07) is 13.9. The highest BCUT2D eigenvalue weighted by Crippen LogP contribution is 2.37. The van der Waals surface area contributed by atoms with Crippen molar-refractivity contribution >= 4 is 33.2 Å². The van der Waals surface area contributed by atoms with Gasteiger partial charge in [0.2, 0.25) is 5.91 Å². The molecule has 12 heteroatoms. The van der Waals surface area contributed by atoms with E-state index in [0.29, 0.717) is 33.9 Å². The van der Waals surface area contributed by atoms with Crippen LogP contribution in [0.3, 0.4) is 0 Å². The van der Waals surface area contributed by atoms with Crippen LogP contribution in [0.2, 0.25) is 5.02 Å². The molecule has 1 amide bonds. The molecule has 3 aromatic carbocycles. The van der Waals surface area contributed by atoms with E-state index in [2.05, 4.69) is 5.32 Å². The summed E-state index contributed by atoms with van der Waals surface area (Å²) in [4.78, 5) is 13.0. The molecule has 0 saturated carbocycles. The second kappa shape index (κ2) is 12.0. The van der Waals surface area contributed by atoms with Gasteiger partial charge in [-0.15, -0.1) is 0 Å². The zero-order chi connectivity index (χ0) is 28.1. The first kappa shape index (κ1) is 29.1. The van der Waals surface area contributed by atoms with Crippen molar-refractivity contribution in [2.75, 3.05) is 25.1 Å². The van der Waals surface area contributed by atoms with Crippen molar-refractivity contribution in [2.45, 2.75) is 30.5 Å². The first-order chi connectivity index (χ1) is 17.9. The van der Waals surface area contributed by atoms with Gasteiger partial charge in [0.15, 0.2) is 11.5 Å². The minimum atomic E-state index is -4.76. The summed E-state index contributed by atoms with van der Waals surface area (Å²) in [5, 5.41) is 2.49. The van der Waals surface area contributed by atoms with Gasteiger partial charge in [0.1, 0.15) is 6.54 Å². The lowest BCUT2D eigenvalue weighted by atomic mass is 10.0. The van der Waals surface area contributed by atoms with Crippen LogP contribution in [0.5, 0.6) is 11.5 Å². The second-order valence-electron chi connectivity index (χ2n) is 8.13. The maximum absolute atomic E-state index is 13.5. The molecule has 0 saturated heterocycles. The van der Waals surface area contributed by atoms with Gasteiger partial charge in [0.25, 0.3) is 10.0 Å². The van der Waals surface area contributed by atoms with E-state index in [9.17, 15) is 26.4 Å². The van der Waals surface area contributed by atoms with E-state index in [4.69, 9.17) is 21.1 Å². The molecule has 0 aliphatic rings. The highest BCUT2D eigenvalue weighted by molar-refractivity contribution is 7.92. The molecule has 1 atom stereocenters. The third-order valence-corrected chi connectivity index (χ3v) is 7.81. The zero-order valence-electron chi connectivity index (χ0n) is 20.8. The third-order valence-electron chi connectivity index (χ3n) is 5.71. The van der Waals surface area contributed by atoms with Crippen molar-refractivity contribution in [1.82, 2.24) is 5.32 Å². The van der Waals surface area contributed by atoms with Gasteiger partial charge in [-0.2, -0.15) is 13.2 Å². The predicted molar refractivity (Wildman–Crippen MR) is 138 cm³/mol. The number of anilines is 1. The number of nitrogens with zero attached hydrogens (tertiary/aromatic N) is 1. The molecule has 0 aliphatic heterocycles. The van der Waals surface area contributed by atoms with Gasteiger partial charge in [-0.25, -0.2) is 8.42 Å². The van der Waals surface area contributed by atoms with E-state index in [0.717, 1.165) is 12.1 Å². The number of alkyl halides is 3. The third kappa shape index (κ3) is 6.51. The fourth-order valence-electron chi connectivity index (χ4n) is 3.76. The lowest BCUT2D eigenvalue weighted by Crippen LogP contribution is -2.42. The Kier molecular flexibility index (Phi) is 9.16. The highest BCUT2D eigenvalue weighted by atomic mass is 35.5. The van der Waals surface area contributed by atoms with Gasteiger partial charge in [-0.05, 0) is 54.4 Å². The highest BCUT2D eigenvalue weighted by Gasteiger charge is 2.34. The number of rotatable bonds is 10. The van der Waals surface area contributed by atoms with E-state index in [1.807, 2.05) is 6.92 Å². The average molecular weight is 571 g/mol. The summed E-state index contributed by atoms with van der Waals surface area (Å²) in [6.45, 7) is 0.992. The Morgan fingerprint density at radius 2 is 1.66 bits per heavy atom. The van der Waals surface area contributed by atoms with Crippen LogP contribution in [0, 0.1) is 0 Å². The molecule has 0 heterocycles. The predicted octanol–water partition coefficient (Wildman–Crippen LogP) is 5.84. The number of halogens is 4. The van der Waals surface area contributed by atoms with Crippen LogP contribution in [0.15, 0.2) is 71.6 Å². The second-order valence-corrected chi connectivity index (χ2v) is 10.4. The summed E-state index contributed by atoms with van der Waals surface area (Å²) in [7, 11) is -1.53. The number of hydrogen-bond donors (Lipinski definition) is 1. The molecule has 7 nitrogen and oxygen atoms in total. The molecule has 0 aromatic heterocycles. The van der Waals surface area contributed by atoms with E-state index in [-0.39, 0.29) is 9.92 Å². The number of sulfonamides is 1. The van der Waals surface area contributed by atoms with Crippen LogP contribution in [0.25, 0.3) is 0 Å². The standard InChI is InChI=1S/C26H26ClF3N2O5S/c1-4-21(17-10-13-23(36-2)24(14-17)37-3)31-25(33)16-32(38(34,35)19-8-6-5-7-9-19)22-15-18(26(28,29)30)11-12-20(22)27/h5-15,21H,4,16H2,1-3H3,(H,31,33). The van der Waals surface area contributed by atoms with Crippen molar-refractivity contribution in [2.24, 2.45) is 0 Å². The average Bonchev–Trinajstić information content (AvgIpc) is 2.90. The molecule has 3 rings (SSSR count). The summed E-state index contributed by atoms with van der Waals surface area (Å²) >= 11 is 6.18. The van der Waals surface area contributed by atoms with E-state index >= 15 is 0 Å². The molecule has 38 heavy (non-hydrogen) atoms. The maximum atomic E-state index is 13.5. The van der Waals surface area contributed by atoms with E-state index in [1.54, 1.807) is 24.3 Å². The van der Waals surface area contributed by atoms with Gasteiger partial charge in [-0.3, -0.25) is 9.10 Å². The monoisotopic (exact) mass is 570 g/mol. The Morgan fingerprint density at radius 1 is 1.00 bits per heavy atom. The normalized spacial score (nSPS) is 12.5. The summed E-state index contributed by atoms with van der Waals surface area (Å²) < 4.78 is 78.6. The van der Waals surface area contributed by atoms with Crippen LogP contribution in [0.4, 0.5) is 18.9 Å². The van der Waals surface area contributed by atoms with Gasteiger partial charge >= 0.3 is 6.18 Å². The summed E-state index contributed by atoms with van der Waals surface area (Å²) in [6.07, 6.45) is -4.33. The Bertz CT molecular complexity index is 1390. The Balaban J connectivity index is 2.01. The number of carbonyl (C=O) groups is 1. The summed E-state index contributed by atoms with van der Waals surface area (Å²) in [5.41, 5.74) is -0.921. The lowest BCUT2D eigenvalue weighted by molar-refractivity contribution is -0.137. The van der Waals surface area contributed by atoms with Crippen LogP contribution in [-0.2, 0) is 21.0 Å². The van der Waals surface area contributed by atoms with Crippen LogP contribution in [0.1, 0.15) is 30.5 Å². The van der Waals surface area contributed by atoms with Gasteiger partial charge in [0.05, 0.1) is 41.4 Å².